The smallest absolute Gasteiger partial charge is 0.257 e. The van der Waals surface area contributed by atoms with Crippen LogP contribution < -0.4 is 5.73 Å². The standard InChI is InChI=1S/C14H20FN3O/c1-8-4-9(2)10(3)18(7-8)14(19)12-5-11(15)6-17-13(12)16/h5-6,8-10H,4,7H2,1-3H3,(H2,16,17). The zero-order valence-corrected chi connectivity index (χ0v) is 11.6. The zero-order chi connectivity index (χ0) is 14.2. The monoisotopic (exact) mass is 265 g/mol. The molecule has 2 N–H and O–H groups in total. The third-order valence-electron chi connectivity index (χ3n) is 3.97. The van der Waals surface area contributed by atoms with Gasteiger partial charge in [0.25, 0.3) is 5.91 Å². The fourth-order valence-corrected chi connectivity index (χ4v) is 2.76. The summed E-state index contributed by atoms with van der Waals surface area (Å²) in [5, 5.41) is 0. The fourth-order valence-electron chi connectivity index (χ4n) is 2.76. The molecule has 0 saturated carbocycles. The van der Waals surface area contributed by atoms with Crippen LogP contribution in [-0.2, 0) is 0 Å². The van der Waals surface area contributed by atoms with Gasteiger partial charge in [0, 0.05) is 12.6 Å². The molecule has 1 aromatic rings. The summed E-state index contributed by atoms with van der Waals surface area (Å²) in [7, 11) is 0. The number of rotatable bonds is 1. The van der Waals surface area contributed by atoms with Gasteiger partial charge in [0.15, 0.2) is 0 Å². The number of carbonyl (C=O) groups excluding carboxylic acids is 1. The first-order chi connectivity index (χ1) is 8.90. The molecule has 0 aromatic carbocycles. The molecule has 2 rings (SSSR count). The van der Waals surface area contributed by atoms with E-state index in [0.717, 1.165) is 12.6 Å². The van der Waals surface area contributed by atoms with E-state index in [4.69, 9.17) is 5.73 Å². The number of pyridine rings is 1. The van der Waals surface area contributed by atoms with Crippen molar-refractivity contribution in [1.82, 2.24) is 9.88 Å². The number of likely N-dealkylation sites (tertiary alicyclic amines) is 1. The van der Waals surface area contributed by atoms with E-state index in [-0.39, 0.29) is 23.3 Å². The van der Waals surface area contributed by atoms with E-state index >= 15 is 0 Å². The number of nitrogens with zero attached hydrogens (tertiary/aromatic N) is 2. The number of amides is 1. The lowest BCUT2D eigenvalue weighted by Gasteiger charge is -2.41. The quantitative estimate of drug-likeness (QED) is 0.847. The number of hydrogen-bond acceptors (Lipinski definition) is 3. The number of piperidine rings is 1. The highest BCUT2D eigenvalue weighted by Crippen LogP contribution is 2.28. The number of hydrogen-bond donors (Lipinski definition) is 1. The van der Waals surface area contributed by atoms with E-state index in [1.54, 1.807) is 4.90 Å². The highest BCUT2D eigenvalue weighted by Gasteiger charge is 2.33. The Hall–Kier alpha value is -1.65. The first-order valence-electron chi connectivity index (χ1n) is 6.62. The first kappa shape index (κ1) is 13.8. The van der Waals surface area contributed by atoms with Crippen LogP contribution >= 0.6 is 0 Å². The molecule has 1 amide bonds. The van der Waals surface area contributed by atoms with Crippen LogP contribution in [0.5, 0.6) is 0 Å². The van der Waals surface area contributed by atoms with Gasteiger partial charge in [0.05, 0.1) is 11.8 Å². The number of aromatic nitrogens is 1. The molecule has 3 atom stereocenters. The average Bonchev–Trinajstić information content (AvgIpc) is 2.36. The van der Waals surface area contributed by atoms with Crippen LogP contribution in [0.15, 0.2) is 12.3 Å². The molecule has 4 nitrogen and oxygen atoms in total. The van der Waals surface area contributed by atoms with Gasteiger partial charge in [-0.2, -0.15) is 0 Å². The number of halogens is 1. The molecule has 0 bridgehead atoms. The molecule has 3 unspecified atom stereocenters. The molecule has 1 aromatic heterocycles. The molecule has 0 aliphatic carbocycles. The second-order valence-electron chi connectivity index (χ2n) is 5.60. The minimum Gasteiger partial charge on any atom is -0.383 e. The highest BCUT2D eigenvalue weighted by molar-refractivity contribution is 5.98. The molecule has 1 aliphatic rings. The Morgan fingerprint density at radius 2 is 2.16 bits per heavy atom. The second-order valence-corrected chi connectivity index (χ2v) is 5.60. The van der Waals surface area contributed by atoms with Gasteiger partial charge in [-0.3, -0.25) is 4.79 Å². The van der Waals surface area contributed by atoms with Gasteiger partial charge in [-0.05, 0) is 31.2 Å². The number of nitrogen functional groups attached to an aromatic ring is 1. The summed E-state index contributed by atoms with van der Waals surface area (Å²) in [6.07, 6.45) is 2.12. The van der Waals surface area contributed by atoms with Crippen LogP contribution in [0.2, 0.25) is 0 Å². The van der Waals surface area contributed by atoms with Crippen LogP contribution in [0, 0.1) is 17.7 Å². The molecular weight excluding hydrogens is 245 g/mol. The average molecular weight is 265 g/mol. The molecule has 1 saturated heterocycles. The zero-order valence-electron chi connectivity index (χ0n) is 11.6. The van der Waals surface area contributed by atoms with Gasteiger partial charge in [0.1, 0.15) is 11.6 Å². The molecule has 5 heteroatoms. The van der Waals surface area contributed by atoms with Crippen molar-refractivity contribution in [2.75, 3.05) is 12.3 Å². The maximum absolute atomic E-state index is 13.2. The van der Waals surface area contributed by atoms with Crippen molar-refractivity contribution in [2.24, 2.45) is 11.8 Å². The summed E-state index contributed by atoms with van der Waals surface area (Å²) < 4.78 is 13.2. The first-order valence-corrected chi connectivity index (χ1v) is 6.62. The molecule has 19 heavy (non-hydrogen) atoms. The van der Waals surface area contributed by atoms with Crippen molar-refractivity contribution in [1.29, 1.82) is 0 Å². The maximum atomic E-state index is 13.2. The summed E-state index contributed by atoms with van der Waals surface area (Å²) in [5.74, 6) is 0.191. The summed E-state index contributed by atoms with van der Waals surface area (Å²) in [4.78, 5) is 18.0. The van der Waals surface area contributed by atoms with Crippen LogP contribution in [0.25, 0.3) is 0 Å². The third-order valence-corrected chi connectivity index (χ3v) is 3.97. The third kappa shape index (κ3) is 2.69. The van der Waals surface area contributed by atoms with E-state index < -0.39 is 5.82 Å². The summed E-state index contributed by atoms with van der Waals surface area (Å²) in [6, 6.07) is 1.30. The molecule has 2 heterocycles. The lowest BCUT2D eigenvalue weighted by atomic mass is 9.85. The minimum atomic E-state index is -0.539. The predicted molar refractivity (Wildman–Crippen MR) is 72.1 cm³/mol. The van der Waals surface area contributed by atoms with Gasteiger partial charge in [-0.25, -0.2) is 9.37 Å². The Morgan fingerprint density at radius 3 is 2.84 bits per heavy atom. The molecule has 1 fully saturated rings. The van der Waals surface area contributed by atoms with Crippen molar-refractivity contribution >= 4 is 11.7 Å². The van der Waals surface area contributed by atoms with E-state index in [9.17, 15) is 9.18 Å². The largest absolute Gasteiger partial charge is 0.383 e. The molecule has 0 spiro atoms. The van der Waals surface area contributed by atoms with Gasteiger partial charge in [-0.15, -0.1) is 0 Å². The molecule has 104 valence electrons. The van der Waals surface area contributed by atoms with E-state index in [2.05, 4.69) is 18.8 Å². The number of anilines is 1. The number of carbonyl (C=O) groups is 1. The van der Waals surface area contributed by atoms with E-state index in [1.165, 1.54) is 6.07 Å². The lowest BCUT2D eigenvalue weighted by Crippen LogP contribution is -2.49. The Labute approximate surface area is 112 Å². The SMILES string of the molecule is CC1CC(C)C(C)N(C(=O)c2cc(F)cnc2N)C1. The van der Waals surface area contributed by atoms with Gasteiger partial charge in [0.2, 0.25) is 0 Å². The Kier molecular flexibility index (Phi) is 3.73. The normalized spacial score (nSPS) is 27.4. The van der Waals surface area contributed by atoms with E-state index in [0.29, 0.717) is 18.4 Å². The second kappa shape index (κ2) is 5.15. The van der Waals surface area contributed by atoms with Crippen molar-refractivity contribution in [3.05, 3.63) is 23.6 Å². The van der Waals surface area contributed by atoms with Crippen molar-refractivity contribution in [3.8, 4) is 0 Å². The molecule has 0 radical (unpaired) electrons. The van der Waals surface area contributed by atoms with Crippen LogP contribution in [0.4, 0.5) is 10.2 Å². The predicted octanol–water partition coefficient (Wildman–Crippen LogP) is 2.31. The minimum absolute atomic E-state index is 0.0875. The molecule has 1 aliphatic heterocycles. The van der Waals surface area contributed by atoms with E-state index in [1.807, 2.05) is 6.92 Å². The van der Waals surface area contributed by atoms with Gasteiger partial charge in [-0.1, -0.05) is 13.8 Å². The summed E-state index contributed by atoms with van der Waals surface area (Å²) >= 11 is 0. The van der Waals surface area contributed by atoms with Crippen molar-refractivity contribution in [2.45, 2.75) is 33.2 Å². The number of nitrogens with two attached hydrogens (primary N) is 1. The van der Waals surface area contributed by atoms with Crippen LogP contribution in [0.3, 0.4) is 0 Å². The van der Waals surface area contributed by atoms with Crippen LogP contribution in [-0.4, -0.2) is 28.4 Å². The van der Waals surface area contributed by atoms with Gasteiger partial charge >= 0.3 is 0 Å². The Morgan fingerprint density at radius 1 is 1.47 bits per heavy atom. The Bertz CT molecular complexity index is 492. The van der Waals surface area contributed by atoms with Crippen molar-refractivity contribution < 1.29 is 9.18 Å². The fraction of sp³-hybridized carbons (Fsp3) is 0.571. The highest BCUT2D eigenvalue weighted by atomic mass is 19.1. The molecular formula is C14H20FN3O. The maximum Gasteiger partial charge on any atom is 0.257 e. The van der Waals surface area contributed by atoms with Crippen molar-refractivity contribution in [3.63, 3.8) is 0 Å². The lowest BCUT2D eigenvalue weighted by molar-refractivity contribution is 0.0456. The Balaban J connectivity index is 2.30. The summed E-state index contributed by atoms with van der Waals surface area (Å²) in [6.45, 7) is 6.96. The topological polar surface area (TPSA) is 59.2 Å². The van der Waals surface area contributed by atoms with Crippen LogP contribution in [0.1, 0.15) is 37.6 Å². The van der Waals surface area contributed by atoms with Gasteiger partial charge < -0.3 is 10.6 Å². The summed E-state index contributed by atoms with van der Waals surface area (Å²) in [5.41, 5.74) is 5.85.